The summed E-state index contributed by atoms with van der Waals surface area (Å²) in [6, 6.07) is 1.67. The second kappa shape index (κ2) is 3.45. The summed E-state index contributed by atoms with van der Waals surface area (Å²) in [5.41, 5.74) is 5.24. The average Bonchev–Trinajstić information content (AvgIpc) is 2.50. The zero-order valence-corrected chi connectivity index (χ0v) is 8.26. The zero-order chi connectivity index (χ0) is 11.1. The molecule has 1 saturated carbocycles. The molecule has 0 spiro atoms. The maximum absolute atomic E-state index is 13.5. The first-order valence-corrected chi connectivity index (χ1v) is 5.00. The molecule has 82 valence electrons. The van der Waals surface area contributed by atoms with Crippen molar-refractivity contribution in [3.63, 3.8) is 0 Å². The number of hydrogen-bond donors (Lipinski definition) is 2. The Kier molecular flexibility index (Phi) is 2.38. The highest BCUT2D eigenvalue weighted by Crippen LogP contribution is 2.41. The fourth-order valence-corrected chi connectivity index (χ4v) is 2.31. The van der Waals surface area contributed by atoms with Crippen molar-refractivity contribution in [2.24, 2.45) is 5.73 Å². The first-order chi connectivity index (χ1) is 7.03. The highest BCUT2D eigenvalue weighted by atomic mass is 19.1. The number of nitrogens with two attached hydrogens (primary N) is 1. The molecular formula is C11H13F2NO. The summed E-state index contributed by atoms with van der Waals surface area (Å²) in [4.78, 5) is 0. The summed E-state index contributed by atoms with van der Waals surface area (Å²) in [6.45, 7) is 0. The largest absolute Gasteiger partial charge is 0.507 e. The van der Waals surface area contributed by atoms with E-state index in [1.54, 1.807) is 0 Å². The number of phenols is 1. The maximum Gasteiger partial charge on any atom is 0.134 e. The van der Waals surface area contributed by atoms with Crippen LogP contribution in [0.15, 0.2) is 12.1 Å². The van der Waals surface area contributed by atoms with E-state index in [4.69, 9.17) is 5.73 Å². The highest BCUT2D eigenvalue weighted by Gasteiger charge is 2.36. The summed E-state index contributed by atoms with van der Waals surface area (Å²) in [5.74, 6) is -1.91. The molecule has 0 radical (unpaired) electrons. The molecule has 1 aliphatic rings. The predicted octanol–water partition coefficient (Wildman–Crippen LogP) is 2.40. The topological polar surface area (TPSA) is 46.2 Å². The smallest absolute Gasteiger partial charge is 0.134 e. The predicted molar refractivity (Wildman–Crippen MR) is 52.4 cm³/mol. The standard InChI is InChI=1S/C11H13F2NO/c12-7-5-8(13)10(9(15)6-7)11(14)3-1-2-4-11/h5-6,15H,1-4,14H2. The Bertz CT molecular complexity index is 363. The molecule has 1 aromatic rings. The molecule has 0 unspecified atom stereocenters. The van der Waals surface area contributed by atoms with Crippen molar-refractivity contribution in [3.8, 4) is 5.75 Å². The SMILES string of the molecule is NC1(c2c(O)cc(F)cc2F)CCCC1. The number of benzene rings is 1. The minimum atomic E-state index is -0.831. The molecule has 0 bridgehead atoms. The van der Waals surface area contributed by atoms with E-state index in [9.17, 15) is 13.9 Å². The van der Waals surface area contributed by atoms with Crippen LogP contribution in [0.5, 0.6) is 5.75 Å². The van der Waals surface area contributed by atoms with Gasteiger partial charge in [-0.1, -0.05) is 12.8 Å². The molecule has 4 heteroatoms. The van der Waals surface area contributed by atoms with Gasteiger partial charge in [-0.2, -0.15) is 0 Å². The third-order valence-corrected chi connectivity index (χ3v) is 3.03. The lowest BCUT2D eigenvalue weighted by Gasteiger charge is -2.25. The molecular weight excluding hydrogens is 200 g/mol. The fraction of sp³-hybridized carbons (Fsp3) is 0.455. The molecule has 3 N–H and O–H groups in total. The lowest BCUT2D eigenvalue weighted by Crippen LogP contribution is -2.34. The Hall–Kier alpha value is -1.16. The molecule has 0 heterocycles. The monoisotopic (exact) mass is 213 g/mol. The van der Waals surface area contributed by atoms with Gasteiger partial charge in [-0.3, -0.25) is 0 Å². The van der Waals surface area contributed by atoms with Gasteiger partial charge in [-0.25, -0.2) is 8.78 Å². The van der Waals surface area contributed by atoms with Gasteiger partial charge >= 0.3 is 0 Å². The minimum absolute atomic E-state index is 0.0569. The van der Waals surface area contributed by atoms with Crippen LogP contribution >= 0.6 is 0 Å². The van der Waals surface area contributed by atoms with Crippen LogP contribution in [0.1, 0.15) is 31.2 Å². The molecule has 0 aromatic heterocycles. The summed E-state index contributed by atoms with van der Waals surface area (Å²) in [6.07, 6.45) is 3.08. The number of halogens is 2. The van der Waals surface area contributed by atoms with Gasteiger partial charge in [-0.05, 0) is 12.8 Å². The summed E-state index contributed by atoms with van der Waals surface area (Å²) in [5, 5.41) is 9.54. The Labute approximate surface area is 86.7 Å². The van der Waals surface area contributed by atoms with Crippen LogP contribution < -0.4 is 5.73 Å². The van der Waals surface area contributed by atoms with Gasteiger partial charge in [-0.15, -0.1) is 0 Å². The van der Waals surface area contributed by atoms with E-state index < -0.39 is 17.2 Å². The molecule has 1 fully saturated rings. The van der Waals surface area contributed by atoms with Crippen LogP contribution in [0.25, 0.3) is 0 Å². The van der Waals surface area contributed by atoms with Gasteiger partial charge in [0.25, 0.3) is 0 Å². The third-order valence-electron chi connectivity index (χ3n) is 3.03. The van der Waals surface area contributed by atoms with E-state index in [0.29, 0.717) is 12.8 Å². The van der Waals surface area contributed by atoms with Gasteiger partial charge < -0.3 is 10.8 Å². The van der Waals surface area contributed by atoms with Gasteiger partial charge in [0, 0.05) is 23.2 Å². The Morgan fingerprint density at radius 2 is 1.80 bits per heavy atom. The van der Waals surface area contributed by atoms with E-state index in [-0.39, 0.29) is 11.3 Å². The third kappa shape index (κ3) is 1.69. The average molecular weight is 213 g/mol. The first kappa shape index (κ1) is 10.4. The van der Waals surface area contributed by atoms with Crippen LogP contribution in [-0.4, -0.2) is 5.11 Å². The van der Waals surface area contributed by atoms with Crippen molar-refractivity contribution in [1.29, 1.82) is 0 Å². The molecule has 0 amide bonds. The second-order valence-corrected chi connectivity index (χ2v) is 4.14. The summed E-state index contributed by atoms with van der Waals surface area (Å²) < 4.78 is 26.3. The van der Waals surface area contributed by atoms with E-state index >= 15 is 0 Å². The van der Waals surface area contributed by atoms with Crippen LogP contribution in [0.3, 0.4) is 0 Å². The maximum atomic E-state index is 13.5. The number of aromatic hydroxyl groups is 1. The molecule has 15 heavy (non-hydrogen) atoms. The number of rotatable bonds is 1. The molecule has 0 aliphatic heterocycles. The normalized spacial score (nSPS) is 19.4. The Morgan fingerprint density at radius 1 is 1.20 bits per heavy atom. The van der Waals surface area contributed by atoms with Gasteiger partial charge in [0.1, 0.15) is 17.4 Å². The van der Waals surface area contributed by atoms with Crippen molar-refractivity contribution in [2.75, 3.05) is 0 Å². The van der Waals surface area contributed by atoms with Crippen molar-refractivity contribution in [1.82, 2.24) is 0 Å². The van der Waals surface area contributed by atoms with E-state index in [0.717, 1.165) is 25.0 Å². The van der Waals surface area contributed by atoms with Gasteiger partial charge in [0.05, 0.1) is 0 Å². The molecule has 0 atom stereocenters. The first-order valence-electron chi connectivity index (χ1n) is 5.00. The fourth-order valence-electron chi connectivity index (χ4n) is 2.31. The van der Waals surface area contributed by atoms with Crippen LogP contribution in [0, 0.1) is 11.6 Å². The van der Waals surface area contributed by atoms with Gasteiger partial charge in [0.2, 0.25) is 0 Å². The Morgan fingerprint density at radius 3 is 2.33 bits per heavy atom. The molecule has 2 nitrogen and oxygen atoms in total. The van der Waals surface area contributed by atoms with Crippen molar-refractivity contribution in [3.05, 3.63) is 29.3 Å². The molecule has 2 rings (SSSR count). The molecule has 0 saturated heterocycles. The van der Waals surface area contributed by atoms with E-state index in [2.05, 4.69) is 0 Å². The van der Waals surface area contributed by atoms with Crippen molar-refractivity contribution < 1.29 is 13.9 Å². The van der Waals surface area contributed by atoms with Crippen molar-refractivity contribution in [2.45, 2.75) is 31.2 Å². The number of hydrogen-bond acceptors (Lipinski definition) is 2. The quantitative estimate of drug-likeness (QED) is 0.752. The van der Waals surface area contributed by atoms with Crippen LogP contribution in [-0.2, 0) is 5.54 Å². The van der Waals surface area contributed by atoms with Crippen LogP contribution in [0.2, 0.25) is 0 Å². The minimum Gasteiger partial charge on any atom is -0.507 e. The summed E-state index contributed by atoms with van der Waals surface area (Å²) >= 11 is 0. The Balaban J connectivity index is 2.52. The zero-order valence-electron chi connectivity index (χ0n) is 8.26. The van der Waals surface area contributed by atoms with E-state index in [1.165, 1.54) is 0 Å². The van der Waals surface area contributed by atoms with E-state index in [1.807, 2.05) is 0 Å². The van der Waals surface area contributed by atoms with Gasteiger partial charge in [0.15, 0.2) is 0 Å². The highest BCUT2D eigenvalue weighted by molar-refractivity contribution is 5.40. The van der Waals surface area contributed by atoms with Crippen molar-refractivity contribution >= 4 is 0 Å². The summed E-state index contributed by atoms with van der Waals surface area (Å²) in [7, 11) is 0. The lowest BCUT2D eigenvalue weighted by molar-refractivity contribution is 0.384. The lowest BCUT2D eigenvalue weighted by atomic mass is 9.88. The number of phenolic OH excluding ortho intramolecular Hbond substituents is 1. The molecule has 1 aliphatic carbocycles. The van der Waals surface area contributed by atoms with Crippen LogP contribution in [0.4, 0.5) is 8.78 Å². The second-order valence-electron chi connectivity index (χ2n) is 4.14. The molecule has 1 aromatic carbocycles.